The number of benzene rings is 2. The minimum Gasteiger partial charge on any atom is -0.508 e. The average Bonchev–Trinajstić information content (AvgIpc) is 2.85. The highest BCUT2D eigenvalue weighted by Crippen LogP contribution is 2.42. The van der Waals surface area contributed by atoms with Gasteiger partial charge in [0, 0.05) is 17.8 Å². The molecule has 0 unspecified atom stereocenters. The number of anilines is 1. The summed E-state index contributed by atoms with van der Waals surface area (Å²) in [5.41, 5.74) is -0.112. The number of phenolic OH excluding ortho intramolecular Hbond substituents is 2. The van der Waals surface area contributed by atoms with Crippen molar-refractivity contribution in [2.45, 2.75) is 6.29 Å². The Balaban J connectivity index is 1.57. The first-order valence-corrected chi connectivity index (χ1v) is 7.12. The largest absolute Gasteiger partial charge is 0.586 e. The molecule has 0 radical (unpaired) electrons. The van der Waals surface area contributed by atoms with E-state index in [2.05, 4.69) is 14.8 Å². The summed E-state index contributed by atoms with van der Waals surface area (Å²) in [6.07, 6.45) is -3.77. The molecule has 1 aliphatic heterocycles. The molecule has 0 bridgehead atoms. The summed E-state index contributed by atoms with van der Waals surface area (Å²) in [5.74, 6) is -2.91. The quantitative estimate of drug-likeness (QED) is 0.710. The van der Waals surface area contributed by atoms with E-state index in [1.54, 1.807) is 0 Å². The first kappa shape index (κ1) is 17.3. The highest BCUT2D eigenvalue weighted by atomic mass is 19.3. The van der Waals surface area contributed by atoms with Gasteiger partial charge in [-0.1, -0.05) is 0 Å². The van der Waals surface area contributed by atoms with Crippen molar-refractivity contribution in [3.05, 3.63) is 42.0 Å². The third-order valence-corrected chi connectivity index (χ3v) is 3.22. The van der Waals surface area contributed by atoms with E-state index in [-0.39, 0.29) is 28.5 Å². The maximum absolute atomic E-state index is 12.9. The fourth-order valence-electron chi connectivity index (χ4n) is 2.13. The molecular formula is C16H11F2NO7. The molecule has 0 fully saturated rings. The van der Waals surface area contributed by atoms with Crippen LogP contribution in [0.25, 0.3) is 0 Å². The highest BCUT2D eigenvalue weighted by molar-refractivity contribution is 5.97. The van der Waals surface area contributed by atoms with E-state index in [4.69, 9.17) is 9.84 Å². The van der Waals surface area contributed by atoms with Crippen molar-refractivity contribution < 1.29 is 42.8 Å². The van der Waals surface area contributed by atoms with Gasteiger partial charge in [0.05, 0.1) is 0 Å². The number of ether oxygens (including phenoxy) is 3. The van der Waals surface area contributed by atoms with Gasteiger partial charge in [-0.25, -0.2) is 4.79 Å². The van der Waals surface area contributed by atoms with Crippen molar-refractivity contribution in [2.75, 3.05) is 11.9 Å². The number of aromatic hydroxyl groups is 2. The number of esters is 1. The lowest BCUT2D eigenvalue weighted by Gasteiger charge is -2.08. The van der Waals surface area contributed by atoms with E-state index in [1.165, 1.54) is 18.2 Å². The summed E-state index contributed by atoms with van der Waals surface area (Å²) in [4.78, 5) is 23.6. The monoisotopic (exact) mass is 367 g/mol. The molecule has 26 heavy (non-hydrogen) atoms. The number of fused-ring (bicyclic) bond motifs is 1. The van der Waals surface area contributed by atoms with Gasteiger partial charge < -0.3 is 29.7 Å². The Labute approximate surface area is 144 Å². The van der Waals surface area contributed by atoms with Crippen molar-refractivity contribution >= 4 is 17.6 Å². The molecule has 0 spiro atoms. The second-order valence-corrected chi connectivity index (χ2v) is 5.15. The van der Waals surface area contributed by atoms with Gasteiger partial charge in [-0.15, -0.1) is 8.78 Å². The average molecular weight is 367 g/mol. The SMILES string of the molecule is O=C(COC(=O)c1ccc(O)cc1O)Nc1ccc2c(c1)OC(F)(F)O2. The van der Waals surface area contributed by atoms with Crippen LogP contribution >= 0.6 is 0 Å². The molecule has 0 atom stereocenters. The lowest BCUT2D eigenvalue weighted by molar-refractivity contribution is -0.286. The number of alkyl halides is 2. The molecule has 0 saturated heterocycles. The molecule has 1 heterocycles. The molecule has 10 heteroatoms. The number of nitrogens with one attached hydrogen (secondary N) is 1. The number of halogens is 2. The Kier molecular flexibility index (Phi) is 4.24. The normalized spacial score (nSPS) is 13.9. The highest BCUT2D eigenvalue weighted by Gasteiger charge is 2.43. The van der Waals surface area contributed by atoms with Gasteiger partial charge in [-0.2, -0.15) is 0 Å². The molecule has 3 rings (SSSR count). The van der Waals surface area contributed by atoms with E-state index in [1.807, 2.05) is 0 Å². The Morgan fingerprint density at radius 3 is 2.54 bits per heavy atom. The maximum atomic E-state index is 12.9. The smallest absolute Gasteiger partial charge is 0.508 e. The lowest BCUT2D eigenvalue weighted by Crippen LogP contribution is -2.25. The summed E-state index contributed by atoms with van der Waals surface area (Å²) in [7, 11) is 0. The number of rotatable bonds is 4. The summed E-state index contributed by atoms with van der Waals surface area (Å²) < 4.78 is 39.1. The molecule has 136 valence electrons. The zero-order valence-electron chi connectivity index (χ0n) is 12.9. The minimum atomic E-state index is -3.77. The number of carbonyl (C=O) groups excluding carboxylic acids is 2. The van der Waals surface area contributed by atoms with Crippen molar-refractivity contribution in [1.29, 1.82) is 0 Å². The molecule has 1 aliphatic rings. The van der Waals surface area contributed by atoms with Crippen LogP contribution in [-0.4, -0.2) is 35.0 Å². The van der Waals surface area contributed by atoms with Crippen LogP contribution in [0.4, 0.5) is 14.5 Å². The van der Waals surface area contributed by atoms with Gasteiger partial charge in [0.15, 0.2) is 18.1 Å². The van der Waals surface area contributed by atoms with Crippen molar-refractivity contribution in [2.24, 2.45) is 0 Å². The minimum absolute atomic E-state index is 0.124. The second-order valence-electron chi connectivity index (χ2n) is 5.15. The Morgan fingerprint density at radius 2 is 1.81 bits per heavy atom. The third-order valence-electron chi connectivity index (χ3n) is 3.22. The predicted octanol–water partition coefficient (Wildman–Crippen LogP) is 2.21. The van der Waals surface area contributed by atoms with Gasteiger partial charge in [-0.3, -0.25) is 4.79 Å². The van der Waals surface area contributed by atoms with E-state index < -0.39 is 30.5 Å². The van der Waals surface area contributed by atoms with Crippen LogP contribution < -0.4 is 14.8 Å². The van der Waals surface area contributed by atoms with Crippen LogP contribution in [0.1, 0.15) is 10.4 Å². The summed E-state index contributed by atoms with van der Waals surface area (Å²) in [6, 6.07) is 6.85. The van der Waals surface area contributed by atoms with Crippen LogP contribution in [0.2, 0.25) is 0 Å². The van der Waals surface area contributed by atoms with Crippen molar-refractivity contribution in [3.8, 4) is 23.0 Å². The molecule has 0 aromatic heterocycles. The van der Waals surface area contributed by atoms with Crippen LogP contribution in [0.15, 0.2) is 36.4 Å². The molecule has 3 N–H and O–H groups in total. The van der Waals surface area contributed by atoms with Gasteiger partial charge >= 0.3 is 12.3 Å². The molecule has 0 saturated carbocycles. The fraction of sp³-hybridized carbons (Fsp3) is 0.125. The molecule has 2 aromatic carbocycles. The number of hydrogen-bond donors (Lipinski definition) is 3. The van der Waals surface area contributed by atoms with Gasteiger partial charge in [0.25, 0.3) is 5.91 Å². The Morgan fingerprint density at radius 1 is 1.08 bits per heavy atom. The topological polar surface area (TPSA) is 114 Å². The first-order valence-electron chi connectivity index (χ1n) is 7.12. The number of phenols is 2. The lowest BCUT2D eigenvalue weighted by atomic mass is 10.2. The van der Waals surface area contributed by atoms with Crippen molar-refractivity contribution in [1.82, 2.24) is 0 Å². The predicted molar refractivity (Wildman–Crippen MR) is 81.3 cm³/mol. The van der Waals surface area contributed by atoms with E-state index in [0.717, 1.165) is 18.2 Å². The second kappa shape index (κ2) is 6.39. The van der Waals surface area contributed by atoms with Crippen molar-refractivity contribution in [3.63, 3.8) is 0 Å². The van der Waals surface area contributed by atoms with Crippen LogP contribution in [-0.2, 0) is 9.53 Å². The van der Waals surface area contributed by atoms with E-state index in [9.17, 15) is 23.5 Å². The van der Waals surface area contributed by atoms with Crippen LogP contribution in [0, 0.1) is 0 Å². The zero-order valence-corrected chi connectivity index (χ0v) is 12.9. The standard InChI is InChI=1S/C16H11F2NO7/c17-16(18)25-12-4-1-8(5-13(12)26-16)19-14(22)7-24-15(23)10-3-2-9(20)6-11(10)21/h1-6,20-21H,7H2,(H,19,22). The van der Waals surface area contributed by atoms with Gasteiger partial charge in [-0.05, 0) is 24.3 Å². The number of carbonyl (C=O) groups is 2. The number of hydrogen-bond acceptors (Lipinski definition) is 7. The molecule has 0 aliphatic carbocycles. The van der Waals surface area contributed by atoms with Crippen LogP contribution in [0.5, 0.6) is 23.0 Å². The molecule has 8 nitrogen and oxygen atoms in total. The van der Waals surface area contributed by atoms with Crippen LogP contribution in [0.3, 0.4) is 0 Å². The van der Waals surface area contributed by atoms with Gasteiger partial charge in [0.1, 0.15) is 17.1 Å². The summed E-state index contributed by atoms with van der Waals surface area (Å²) in [5, 5.41) is 21.0. The molecular weight excluding hydrogens is 356 g/mol. The zero-order chi connectivity index (χ0) is 18.9. The summed E-state index contributed by atoms with van der Waals surface area (Å²) in [6.45, 7) is -0.691. The number of amides is 1. The third kappa shape index (κ3) is 3.74. The summed E-state index contributed by atoms with van der Waals surface area (Å²) >= 11 is 0. The Hall–Kier alpha value is -3.56. The fourth-order valence-corrected chi connectivity index (χ4v) is 2.13. The Bertz CT molecular complexity index is 885. The maximum Gasteiger partial charge on any atom is 0.586 e. The van der Waals surface area contributed by atoms with E-state index in [0.29, 0.717) is 0 Å². The first-order chi connectivity index (χ1) is 12.2. The van der Waals surface area contributed by atoms with Gasteiger partial charge in [0.2, 0.25) is 0 Å². The molecule has 2 aromatic rings. The molecule has 1 amide bonds. The van der Waals surface area contributed by atoms with E-state index >= 15 is 0 Å².